The summed E-state index contributed by atoms with van der Waals surface area (Å²) in [6.07, 6.45) is 0. The smallest absolute Gasteiger partial charge is 0.215 e. The molecule has 0 spiro atoms. The van der Waals surface area contributed by atoms with Gasteiger partial charge in [0.15, 0.2) is 5.96 Å². The summed E-state index contributed by atoms with van der Waals surface area (Å²) < 4.78 is 25.4. The minimum absolute atomic E-state index is 0. The van der Waals surface area contributed by atoms with E-state index < -0.39 is 10.0 Å². The molecule has 2 rings (SSSR count). The number of benzene rings is 2. The van der Waals surface area contributed by atoms with Crippen molar-refractivity contribution in [1.82, 2.24) is 10.0 Å². The Morgan fingerprint density at radius 3 is 2.32 bits per heavy atom. The van der Waals surface area contributed by atoms with Gasteiger partial charge in [0.05, 0.1) is 18.3 Å². The normalized spacial score (nSPS) is 12.9. The fourth-order valence-electron chi connectivity index (χ4n) is 2.41. The minimum atomic E-state index is -3.28. The van der Waals surface area contributed by atoms with E-state index >= 15 is 0 Å². The quantitative estimate of drug-likeness (QED) is 0.274. The zero-order valence-corrected chi connectivity index (χ0v) is 20.1. The van der Waals surface area contributed by atoms with Crippen molar-refractivity contribution < 1.29 is 8.42 Å². The van der Waals surface area contributed by atoms with E-state index in [0.717, 1.165) is 11.1 Å². The van der Waals surface area contributed by atoms with Crippen molar-refractivity contribution in [2.24, 2.45) is 10.7 Å². The molecule has 6 nitrogen and oxygen atoms in total. The molecule has 0 aliphatic carbocycles. The van der Waals surface area contributed by atoms with Crippen LogP contribution >= 0.6 is 47.2 Å². The molecular formula is C18H23Cl2IN4O2S. The van der Waals surface area contributed by atoms with Crippen molar-refractivity contribution >= 4 is 63.2 Å². The summed E-state index contributed by atoms with van der Waals surface area (Å²) >= 11 is 12.1. The van der Waals surface area contributed by atoms with Gasteiger partial charge in [-0.05, 0) is 42.8 Å². The number of hydrogen-bond donors (Lipinski definition) is 3. The van der Waals surface area contributed by atoms with E-state index in [-0.39, 0.29) is 41.7 Å². The lowest BCUT2D eigenvalue weighted by Crippen LogP contribution is -2.34. The maximum atomic E-state index is 11.6. The summed E-state index contributed by atoms with van der Waals surface area (Å²) in [5.74, 6) is 0.228. The Balaban J connectivity index is 0.00000392. The van der Waals surface area contributed by atoms with Gasteiger partial charge in [0.1, 0.15) is 0 Å². The highest BCUT2D eigenvalue weighted by Crippen LogP contribution is 2.25. The first-order chi connectivity index (χ1) is 12.7. The van der Waals surface area contributed by atoms with Gasteiger partial charge in [-0.1, -0.05) is 53.5 Å². The summed E-state index contributed by atoms with van der Waals surface area (Å²) in [5.41, 5.74) is 8.44. The van der Waals surface area contributed by atoms with Gasteiger partial charge in [-0.3, -0.25) is 0 Å². The Morgan fingerprint density at radius 1 is 1.14 bits per heavy atom. The fraction of sp³-hybridized carbons (Fsp3) is 0.278. The average molecular weight is 557 g/mol. The maximum Gasteiger partial charge on any atom is 0.215 e. The van der Waals surface area contributed by atoms with Gasteiger partial charge in [0.25, 0.3) is 0 Å². The molecule has 1 atom stereocenters. The molecular weight excluding hydrogens is 534 g/mol. The molecule has 0 radical (unpaired) electrons. The second-order valence-corrected chi connectivity index (χ2v) is 8.78. The van der Waals surface area contributed by atoms with E-state index in [1.165, 1.54) is 7.05 Å². The van der Waals surface area contributed by atoms with E-state index in [1.807, 2.05) is 25.1 Å². The third-order valence-electron chi connectivity index (χ3n) is 3.92. The molecule has 0 saturated heterocycles. The van der Waals surface area contributed by atoms with E-state index in [0.29, 0.717) is 22.2 Å². The van der Waals surface area contributed by atoms with E-state index in [2.05, 4.69) is 15.0 Å². The monoisotopic (exact) mass is 556 g/mol. The second kappa shape index (κ2) is 11.2. The van der Waals surface area contributed by atoms with Crippen molar-refractivity contribution in [3.63, 3.8) is 0 Å². The molecule has 1 unspecified atom stereocenters. The number of rotatable bonds is 7. The van der Waals surface area contributed by atoms with Crippen LogP contribution in [0.3, 0.4) is 0 Å². The largest absolute Gasteiger partial charge is 0.370 e. The van der Waals surface area contributed by atoms with Gasteiger partial charge in [-0.15, -0.1) is 24.0 Å². The zero-order chi connectivity index (χ0) is 20.0. The lowest BCUT2D eigenvalue weighted by molar-refractivity contribution is 0.587. The highest BCUT2D eigenvalue weighted by Gasteiger charge is 2.11. The van der Waals surface area contributed by atoms with Crippen molar-refractivity contribution in [2.45, 2.75) is 25.3 Å². The number of aliphatic imine (C=N–C) groups is 1. The fourth-order valence-corrected chi connectivity index (χ4v) is 3.75. The lowest BCUT2D eigenvalue weighted by Gasteiger charge is -2.16. The van der Waals surface area contributed by atoms with Crippen LogP contribution in [0.15, 0.2) is 47.5 Å². The van der Waals surface area contributed by atoms with Gasteiger partial charge in [-0.2, -0.15) is 0 Å². The van der Waals surface area contributed by atoms with Crippen LogP contribution in [0.2, 0.25) is 10.0 Å². The summed E-state index contributed by atoms with van der Waals surface area (Å²) in [5, 5.41) is 4.22. The number of guanidine groups is 1. The van der Waals surface area contributed by atoms with Gasteiger partial charge < -0.3 is 11.1 Å². The molecule has 2 aromatic carbocycles. The van der Waals surface area contributed by atoms with Crippen LogP contribution in [0.5, 0.6) is 0 Å². The van der Waals surface area contributed by atoms with Gasteiger partial charge >= 0.3 is 0 Å². The minimum Gasteiger partial charge on any atom is -0.370 e. The molecule has 0 aliphatic rings. The van der Waals surface area contributed by atoms with Gasteiger partial charge in [-0.25, -0.2) is 18.1 Å². The number of nitrogens with one attached hydrogen (secondary N) is 2. The molecule has 0 amide bonds. The van der Waals surface area contributed by atoms with Gasteiger partial charge in [0.2, 0.25) is 10.0 Å². The highest BCUT2D eigenvalue weighted by atomic mass is 127. The Labute approximate surface area is 193 Å². The summed E-state index contributed by atoms with van der Waals surface area (Å²) in [7, 11) is -1.89. The Morgan fingerprint density at radius 2 is 1.75 bits per heavy atom. The zero-order valence-electron chi connectivity index (χ0n) is 15.4. The number of halogens is 3. The first kappa shape index (κ1) is 25.0. The highest BCUT2D eigenvalue weighted by molar-refractivity contribution is 14.0. The van der Waals surface area contributed by atoms with Crippen LogP contribution in [-0.2, 0) is 22.3 Å². The van der Waals surface area contributed by atoms with Crippen molar-refractivity contribution in [2.75, 3.05) is 7.05 Å². The lowest BCUT2D eigenvalue weighted by atomic mass is 10.1. The third-order valence-corrected chi connectivity index (χ3v) is 5.81. The third kappa shape index (κ3) is 7.75. The van der Waals surface area contributed by atoms with E-state index in [9.17, 15) is 8.42 Å². The number of nitrogens with zero attached hydrogens (tertiary/aromatic N) is 1. The number of hydrogen-bond acceptors (Lipinski definition) is 3. The van der Waals surface area contributed by atoms with Crippen LogP contribution in [-0.4, -0.2) is 21.4 Å². The standard InChI is InChI=1S/C18H22Cl2N4O2S.HI/c1-12(16-8-7-15(19)9-17(16)20)24-18(21)23-10-13-3-5-14(6-4-13)11-27(25,26)22-2;/h3-9,12,22H,10-11H2,1-2H3,(H3,21,23,24);1H. The first-order valence-electron chi connectivity index (χ1n) is 8.20. The van der Waals surface area contributed by atoms with E-state index in [1.54, 1.807) is 24.3 Å². The number of sulfonamides is 1. The molecule has 0 aliphatic heterocycles. The molecule has 4 N–H and O–H groups in total. The maximum absolute atomic E-state index is 11.6. The molecule has 0 saturated carbocycles. The Kier molecular flexibility index (Phi) is 9.99. The van der Waals surface area contributed by atoms with Crippen molar-refractivity contribution in [3.05, 3.63) is 69.2 Å². The van der Waals surface area contributed by atoms with Gasteiger partial charge in [0, 0.05) is 10.0 Å². The van der Waals surface area contributed by atoms with Crippen LogP contribution in [0.4, 0.5) is 0 Å². The van der Waals surface area contributed by atoms with Crippen molar-refractivity contribution in [3.8, 4) is 0 Å². The van der Waals surface area contributed by atoms with Crippen LogP contribution < -0.4 is 15.8 Å². The number of nitrogens with two attached hydrogens (primary N) is 1. The molecule has 28 heavy (non-hydrogen) atoms. The summed E-state index contributed by atoms with van der Waals surface area (Å²) in [4.78, 5) is 4.31. The predicted octanol–water partition coefficient (Wildman–Crippen LogP) is 3.83. The Bertz CT molecular complexity index is 922. The van der Waals surface area contributed by atoms with Crippen molar-refractivity contribution in [1.29, 1.82) is 0 Å². The molecule has 0 bridgehead atoms. The SMILES string of the molecule is CNS(=O)(=O)Cc1ccc(CN=C(N)NC(C)c2ccc(Cl)cc2Cl)cc1.I. The molecule has 2 aromatic rings. The van der Waals surface area contributed by atoms with Crippen LogP contribution in [0.1, 0.15) is 29.7 Å². The molecule has 154 valence electrons. The summed E-state index contributed by atoms with van der Waals surface area (Å²) in [6, 6.07) is 12.3. The first-order valence-corrected chi connectivity index (χ1v) is 10.6. The second-order valence-electron chi connectivity index (χ2n) is 6.01. The topological polar surface area (TPSA) is 96.6 Å². The van der Waals surface area contributed by atoms with Crippen LogP contribution in [0.25, 0.3) is 0 Å². The predicted molar refractivity (Wildman–Crippen MR) is 127 cm³/mol. The summed E-state index contributed by atoms with van der Waals surface area (Å²) in [6.45, 7) is 2.30. The molecule has 10 heteroatoms. The van der Waals surface area contributed by atoms with Crippen LogP contribution in [0, 0.1) is 0 Å². The molecule has 0 aromatic heterocycles. The Hall–Kier alpha value is -1.07. The average Bonchev–Trinajstić information content (AvgIpc) is 2.60. The molecule has 0 heterocycles. The van der Waals surface area contributed by atoms with E-state index in [4.69, 9.17) is 28.9 Å². The molecule has 0 fully saturated rings.